The number of carboxylic acid groups (broad SMARTS) is 1. The summed E-state index contributed by atoms with van der Waals surface area (Å²) in [7, 11) is 1.53. The second kappa shape index (κ2) is 9.62. The van der Waals surface area contributed by atoms with E-state index in [2.05, 4.69) is 10.3 Å². The number of amides is 1. The minimum Gasteiger partial charge on any atom is -0.494 e. The Bertz CT molecular complexity index is 1110. The van der Waals surface area contributed by atoms with Gasteiger partial charge in [-0.05, 0) is 60.9 Å². The summed E-state index contributed by atoms with van der Waals surface area (Å²) in [5.74, 6) is -0.984. The number of rotatable bonds is 7. The lowest BCUT2D eigenvalue weighted by Gasteiger charge is -2.19. The van der Waals surface area contributed by atoms with E-state index >= 15 is 0 Å². The molecule has 0 aliphatic heterocycles. The molecule has 1 atom stereocenters. The predicted octanol–water partition coefficient (Wildman–Crippen LogP) is 4.97. The zero-order valence-electron chi connectivity index (χ0n) is 17.5. The molecule has 1 amide bonds. The van der Waals surface area contributed by atoms with E-state index < -0.39 is 17.9 Å². The molecule has 1 heterocycles. The first-order chi connectivity index (χ1) is 14.8. The molecule has 1 unspecified atom stereocenters. The van der Waals surface area contributed by atoms with Gasteiger partial charge in [-0.2, -0.15) is 0 Å². The van der Waals surface area contributed by atoms with Crippen molar-refractivity contribution in [3.8, 4) is 17.0 Å². The number of pyridine rings is 1. The fraction of sp³-hybridized carbons (Fsp3) is 0.208. The van der Waals surface area contributed by atoms with Gasteiger partial charge in [0.25, 0.3) is 5.91 Å². The third-order valence-electron chi connectivity index (χ3n) is 4.87. The number of nitrogens with one attached hydrogen (secondary N) is 1. The van der Waals surface area contributed by atoms with Crippen LogP contribution in [0.25, 0.3) is 11.3 Å². The van der Waals surface area contributed by atoms with E-state index in [1.54, 1.807) is 18.2 Å². The van der Waals surface area contributed by atoms with Crippen molar-refractivity contribution in [1.29, 1.82) is 0 Å². The van der Waals surface area contributed by atoms with Crippen LogP contribution in [0.15, 0.2) is 54.6 Å². The smallest absolute Gasteiger partial charge is 0.305 e. The Labute approximate surface area is 185 Å². The Morgan fingerprint density at radius 2 is 1.87 bits per heavy atom. The number of benzene rings is 2. The van der Waals surface area contributed by atoms with Gasteiger partial charge in [-0.3, -0.25) is 9.59 Å². The van der Waals surface area contributed by atoms with Crippen molar-refractivity contribution in [1.82, 2.24) is 10.3 Å². The van der Waals surface area contributed by atoms with E-state index in [-0.39, 0.29) is 12.1 Å². The van der Waals surface area contributed by atoms with Crippen molar-refractivity contribution in [3.63, 3.8) is 0 Å². The molecule has 7 heteroatoms. The molecule has 0 saturated heterocycles. The number of aromatic nitrogens is 1. The van der Waals surface area contributed by atoms with Crippen molar-refractivity contribution >= 4 is 23.5 Å². The number of hydrogen-bond acceptors (Lipinski definition) is 4. The zero-order valence-corrected chi connectivity index (χ0v) is 18.2. The van der Waals surface area contributed by atoms with Crippen molar-refractivity contribution in [2.24, 2.45) is 0 Å². The molecule has 0 aliphatic rings. The maximum absolute atomic E-state index is 13.0. The molecule has 2 N–H and O–H groups in total. The normalized spacial score (nSPS) is 11.6. The lowest BCUT2D eigenvalue weighted by molar-refractivity contribution is -0.137. The van der Waals surface area contributed by atoms with Crippen LogP contribution in [-0.4, -0.2) is 29.1 Å². The van der Waals surface area contributed by atoms with E-state index in [1.165, 1.54) is 7.11 Å². The van der Waals surface area contributed by atoms with Gasteiger partial charge < -0.3 is 15.2 Å². The monoisotopic (exact) mass is 438 g/mol. The van der Waals surface area contributed by atoms with Crippen LogP contribution in [0.3, 0.4) is 0 Å². The van der Waals surface area contributed by atoms with Crippen molar-refractivity contribution in [2.75, 3.05) is 7.11 Å². The summed E-state index contributed by atoms with van der Waals surface area (Å²) in [6.07, 6.45) is -0.243. The summed E-state index contributed by atoms with van der Waals surface area (Å²) < 4.78 is 5.42. The third kappa shape index (κ3) is 5.41. The Hall–Kier alpha value is -3.38. The molecule has 160 valence electrons. The fourth-order valence-corrected chi connectivity index (χ4v) is 3.73. The molecular formula is C24H23ClN2O4. The number of carboxylic acids is 1. The van der Waals surface area contributed by atoms with E-state index in [9.17, 15) is 14.7 Å². The van der Waals surface area contributed by atoms with Gasteiger partial charge >= 0.3 is 5.97 Å². The topological polar surface area (TPSA) is 88.5 Å². The second-order valence-corrected chi connectivity index (χ2v) is 7.68. The standard InChI is InChI=1S/C24H23ClN2O4/c1-14-10-16(12-17(25)11-14)23-21(31-3)9-8-19(26-23)24(30)27-20(13-22(28)29)18-7-5-4-6-15(18)2/h4-12,20H,13H2,1-3H3,(H,27,30)(H,28,29). The number of nitrogens with zero attached hydrogens (tertiary/aromatic N) is 1. The van der Waals surface area contributed by atoms with E-state index in [0.717, 1.165) is 22.3 Å². The van der Waals surface area contributed by atoms with Crippen LogP contribution in [0.4, 0.5) is 0 Å². The maximum Gasteiger partial charge on any atom is 0.305 e. The lowest BCUT2D eigenvalue weighted by Crippen LogP contribution is -2.31. The van der Waals surface area contributed by atoms with Crippen molar-refractivity contribution in [2.45, 2.75) is 26.3 Å². The minimum absolute atomic E-state index is 0.150. The summed E-state index contributed by atoms with van der Waals surface area (Å²) in [6, 6.07) is 15.4. The summed E-state index contributed by atoms with van der Waals surface area (Å²) in [4.78, 5) is 28.9. The maximum atomic E-state index is 13.0. The SMILES string of the molecule is COc1ccc(C(=O)NC(CC(=O)O)c2ccccc2C)nc1-c1cc(C)cc(Cl)c1. The number of ether oxygens (including phenoxy) is 1. The molecule has 3 aromatic rings. The highest BCUT2D eigenvalue weighted by Gasteiger charge is 2.22. The Morgan fingerprint density at radius 3 is 2.52 bits per heavy atom. The number of aryl methyl sites for hydroxylation is 2. The summed E-state index contributed by atoms with van der Waals surface area (Å²) in [5.41, 5.74) is 3.94. The highest BCUT2D eigenvalue weighted by Crippen LogP contribution is 2.31. The second-order valence-electron chi connectivity index (χ2n) is 7.25. The number of hydrogen-bond donors (Lipinski definition) is 2. The predicted molar refractivity (Wildman–Crippen MR) is 120 cm³/mol. The Kier molecular flexibility index (Phi) is 6.92. The van der Waals surface area contributed by atoms with Crippen LogP contribution in [0.2, 0.25) is 5.02 Å². The molecule has 6 nitrogen and oxygen atoms in total. The number of halogens is 1. The molecule has 31 heavy (non-hydrogen) atoms. The summed E-state index contributed by atoms with van der Waals surface area (Å²) >= 11 is 6.19. The highest BCUT2D eigenvalue weighted by molar-refractivity contribution is 6.31. The molecule has 0 spiro atoms. The average molecular weight is 439 g/mol. The highest BCUT2D eigenvalue weighted by atomic mass is 35.5. The first-order valence-corrected chi connectivity index (χ1v) is 10.1. The minimum atomic E-state index is -1.01. The van der Waals surface area contributed by atoms with Gasteiger partial charge in [0.2, 0.25) is 0 Å². The lowest BCUT2D eigenvalue weighted by atomic mass is 9.98. The number of carbonyl (C=O) groups excluding carboxylic acids is 1. The first kappa shape index (κ1) is 22.3. The van der Waals surface area contributed by atoms with Crippen molar-refractivity contribution in [3.05, 3.63) is 82.0 Å². The third-order valence-corrected chi connectivity index (χ3v) is 5.09. The summed E-state index contributed by atoms with van der Waals surface area (Å²) in [5, 5.41) is 12.7. The average Bonchev–Trinajstić information content (AvgIpc) is 2.72. The number of carbonyl (C=O) groups is 2. The van der Waals surface area contributed by atoms with Gasteiger partial charge in [-0.1, -0.05) is 35.9 Å². The van der Waals surface area contributed by atoms with Crippen molar-refractivity contribution < 1.29 is 19.4 Å². The number of aliphatic carboxylic acids is 1. The van der Waals surface area contributed by atoms with Crippen LogP contribution in [0.5, 0.6) is 5.75 Å². The molecule has 0 fully saturated rings. The molecular weight excluding hydrogens is 416 g/mol. The van der Waals surface area contributed by atoms with Gasteiger partial charge in [0.05, 0.1) is 19.6 Å². The van der Waals surface area contributed by atoms with E-state index in [4.69, 9.17) is 16.3 Å². The van der Waals surface area contributed by atoms with Crippen LogP contribution in [-0.2, 0) is 4.79 Å². The molecule has 0 radical (unpaired) electrons. The Balaban J connectivity index is 1.97. The molecule has 1 aromatic heterocycles. The van der Waals surface area contributed by atoms with Gasteiger partial charge in [0.15, 0.2) is 0 Å². The summed E-state index contributed by atoms with van der Waals surface area (Å²) in [6.45, 7) is 3.79. The zero-order chi connectivity index (χ0) is 22.5. The van der Waals surface area contributed by atoms with Gasteiger partial charge in [-0.15, -0.1) is 0 Å². The van der Waals surface area contributed by atoms with Crippen LogP contribution in [0, 0.1) is 13.8 Å². The Morgan fingerprint density at radius 1 is 1.13 bits per heavy atom. The van der Waals surface area contributed by atoms with E-state index in [0.29, 0.717) is 16.5 Å². The van der Waals surface area contributed by atoms with Gasteiger partial charge in [-0.25, -0.2) is 4.98 Å². The first-order valence-electron chi connectivity index (χ1n) is 9.69. The molecule has 0 bridgehead atoms. The molecule has 0 aliphatic carbocycles. The largest absolute Gasteiger partial charge is 0.494 e. The fourth-order valence-electron chi connectivity index (χ4n) is 3.44. The van der Waals surface area contributed by atoms with E-state index in [1.807, 2.05) is 50.2 Å². The van der Waals surface area contributed by atoms with Crippen LogP contribution < -0.4 is 10.1 Å². The number of methoxy groups -OCH3 is 1. The van der Waals surface area contributed by atoms with Gasteiger partial charge in [0, 0.05) is 10.6 Å². The molecule has 3 rings (SSSR count). The van der Waals surface area contributed by atoms with Crippen LogP contribution in [0.1, 0.15) is 39.6 Å². The van der Waals surface area contributed by atoms with Gasteiger partial charge in [0.1, 0.15) is 17.1 Å². The molecule has 2 aromatic carbocycles. The van der Waals surface area contributed by atoms with Crippen LogP contribution >= 0.6 is 11.6 Å². The quantitative estimate of drug-likeness (QED) is 0.543. The molecule has 0 saturated carbocycles.